The van der Waals surface area contributed by atoms with Crippen LogP contribution in [0, 0.1) is 10.1 Å². The first kappa shape index (κ1) is 16.4. The number of thioether (sulfide) groups is 1. The minimum absolute atomic E-state index is 0.0295. The maximum Gasteiger partial charge on any atom is 0.270 e. The number of nitro benzene ring substituents is 1. The number of benzene rings is 1. The number of hydrazine groups is 1. The maximum atomic E-state index is 11.8. The second kappa shape index (κ2) is 7.35. The van der Waals surface area contributed by atoms with Gasteiger partial charge in [0.25, 0.3) is 11.6 Å². The van der Waals surface area contributed by atoms with E-state index in [2.05, 4.69) is 21.0 Å². The molecule has 0 fully saturated rings. The molecule has 0 saturated carbocycles. The molecule has 2 rings (SSSR count). The van der Waals surface area contributed by atoms with Gasteiger partial charge < -0.3 is 4.57 Å². The number of amides is 2. The van der Waals surface area contributed by atoms with Crippen molar-refractivity contribution in [1.82, 2.24) is 25.6 Å². The quantitative estimate of drug-likeness (QED) is 0.455. The standard InChI is InChI=1S/C12H12N6O4S/c1-17-7-13-16-12(17)23-6-10(19)14-15-11(20)8-3-2-4-9(5-8)18(21)22/h2-5,7H,6H2,1H3,(H,14,19)(H,15,20). The van der Waals surface area contributed by atoms with Gasteiger partial charge in [-0.3, -0.25) is 30.6 Å². The Bertz CT molecular complexity index is 747. The first-order chi connectivity index (χ1) is 11.0. The molecule has 11 heteroatoms. The number of nitrogens with zero attached hydrogens (tertiary/aromatic N) is 4. The molecule has 0 spiro atoms. The molecular weight excluding hydrogens is 324 g/mol. The third-order valence-corrected chi connectivity index (χ3v) is 3.67. The van der Waals surface area contributed by atoms with Crippen LogP contribution >= 0.6 is 11.8 Å². The average molecular weight is 336 g/mol. The van der Waals surface area contributed by atoms with E-state index >= 15 is 0 Å². The van der Waals surface area contributed by atoms with Crippen molar-refractivity contribution in [3.63, 3.8) is 0 Å². The maximum absolute atomic E-state index is 11.8. The normalized spacial score (nSPS) is 10.1. The molecule has 0 aliphatic heterocycles. The number of non-ortho nitro benzene ring substituents is 1. The Balaban J connectivity index is 1.84. The molecule has 23 heavy (non-hydrogen) atoms. The largest absolute Gasteiger partial charge is 0.312 e. The topological polar surface area (TPSA) is 132 Å². The van der Waals surface area contributed by atoms with Crippen LogP contribution in [-0.4, -0.2) is 37.3 Å². The molecule has 0 saturated heterocycles. The Hall–Kier alpha value is -2.95. The Morgan fingerprint density at radius 3 is 2.83 bits per heavy atom. The van der Waals surface area contributed by atoms with Gasteiger partial charge in [-0.05, 0) is 6.07 Å². The lowest BCUT2D eigenvalue weighted by molar-refractivity contribution is -0.384. The zero-order valence-electron chi connectivity index (χ0n) is 11.9. The molecule has 10 nitrogen and oxygen atoms in total. The Morgan fingerprint density at radius 2 is 2.17 bits per heavy atom. The number of aromatic nitrogens is 3. The fraction of sp³-hybridized carbons (Fsp3) is 0.167. The van der Waals surface area contributed by atoms with E-state index in [1.54, 1.807) is 11.6 Å². The number of hydrogen-bond donors (Lipinski definition) is 2. The lowest BCUT2D eigenvalue weighted by Gasteiger charge is -2.07. The van der Waals surface area contributed by atoms with E-state index < -0.39 is 16.7 Å². The van der Waals surface area contributed by atoms with Gasteiger partial charge in [0.15, 0.2) is 5.16 Å². The zero-order chi connectivity index (χ0) is 16.8. The minimum Gasteiger partial charge on any atom is -0.312 e. The van der Waals surface area contributed by atoms with E-state index in [0.29, 0.717) is 5.16 Å². The third kappa shape index (κ3) is 4.51. The van der Waals surface area contributed by atoms with Crippen molar-refractivity contribution in [2.75, 3.05) is 5.75 Å². The smallest absolute Gasteiger partial charge is 0.270 e. The van der Waals surface area contributed by atoms with Crippen LogP contribution in [0.2, 0.25) is 0 Å². The van der Waals surface area contributed by atoms with Gasteiger partial charge in [0, 0.05) is 24.7 Å². The second-order valence-electron chi connectivity index (χ2n) is 4.32. The Labute approximate surface area is 134 Å². The molecule has 0 aliphatic rings. The van der Waals surface area contributed by atoms with E-state index in [0.717, 1.165) is 17.8 Å². The molecule has 2 N–H and O–H groups in total. The molecule has 1 heterocycles. The lowest BCUT2D eigenvalue weighted by atomic mass is 10.2. The van der Waals surface area contributed by atoms with Crippen molar-refractivity contribution in [1.29, 1.82) is 0 Å². The SMILES string of the molecule is Cn1cnnc1SCC(=O)NNC(=O)c1cccc([N+](=O)[O-])c1. The third-order valence-electron chi connectivity index (χ3n) is 2.64. The van der Waals surface area contributed by atoms with Crippen molar-refractivity contribution < 1.29 is 14.5 Å². The summed E-state index contributed by atoms with van der Waals surface area (Å²) in [6, 6.07) is 5.18. The highest BCUT2D eigenvalue weighted by atomic mass is 32.2. The molecule has 1 aromatic carbocycles. The second-order valence-corrected chi connectivity index (χ2v) is 5.27. The van der Waals surface area contributed by atoms with Gasteiger partial charge in [-0.2, -0.15) is 0 Å². The van der Waals surface area contributed by atoms with E-state index in [4.69, 9.17) is 0 Å². The fourth-order valence-corrected chi connectivity index (χ4v) is 2.22. The number of carbonyl (C=O) groups excluding carboxylic acids is 2. The molecular formula is C12H12N6O4S. The van der Waals surface area contributed by atoms with Crippen molar-refractivity contribution in [3.05, 3.63) is 46.3 Å². The highest BCUT2D eigenvalue weighted by Crippen LogP contribution is 2.13. The predicted octanol–water partition coefficient (Wildman–Crippen LogP) is 0.277. The lowest BCUT2D eigenvalue weighted by Crippen LogP contribution is -2.42. The van der Waals surface area contributed by atoms with Crippen molar-refractivity contribution in [3.8, 4) is 0 Å². The van der Waals surface area contributed by atoms with E-state index in [9.17, 15) is 19.7 Å². The summed E-state index contributed by atoms with van der Waals surface area (Å²) in [6.45, 7) is 0. The van der Waals surface area contributed by atoms with Gasteiger partial charge in [0.1, 0.15) is 6.33 Å². The van der Waals surface area contributed by atoms with Gasteiger partial charge in [-0.25, -0.2) is 0 Å². The summed E-state index contributed by atoms with van der Waals surface area (Å²) in [7, 11) is 1.74. The Morgan fingerprint density at radius 1 is 1.39 bits per heavy atom. The molecule has 1 aromatic heterocycles. The first-order valence-corrected chi connectivity index (χ1v) is 7.26. The summed E-state index contributed by atoms with van der Waals surface area (Å²) in [5.74, 6) is -1.07. The molecule has 0 bridgehead atoms. The van der Waals surface area contributed by atoms with Crippen LogP contribution < -0.4 is 10.9 Å². The predicted molar refractivity (Wildman–Crippen MR) is 80.4 cm³/mol. The van der Waals surface area contributed by atoms with Crippen LogP contribution in [0.15, 0.2) is 35.7 Å². The zero-order valence-corrected chi connectivity index (χ0v) is 12.7. The number of hydrogen-bond acceptors (Lipinski definition) is 7. The van der Waals surface area contributed by atoms with E-state index in [-0.39, 0.29) is 17.0 Å². The summed E-state index contributed by atoms with van der Waals surface area (Å²) < 4.78 is 1.65. The monoisotopic (exact) mass is 336 g/mol. The van der Waals surface area contributed by atoms with Crippen molar-refractivity contribution in [2.45, 2.75) is 5.16 Å². The minimum atomic E-state index is -0.647. The summed E-state index contributed by atoms with van der Waals surface area (Å²) in [5.41, 5.74) is 4.28. The van der Waals surface area contributed by atoms with E-state index in [1.165, 1.54) is 24.5 Å². The molecule has 0 radical (unpaired) electrons. The van der Waals surface area contributed by atoms with Gasteiger partial charge in [0.2, 0.25) is 5.91 Å². The number of nitro groups is 1. The van der Waals surface area contributed by atoms with Crippen LogP contribution in [0.4, 0.5) is 5.69 Å². The van der Waals surface area contributed by atoms with Crippen LogP contribution in [0.3, 0.4) is 0 Å². The van der Waals surface area contributed by atoms with Crippen LogP contribution in [0.5, 0.6) is 0 Å². The number of aryl methyl sites for hydroxylation is 1. The summed E-state index contributed by atoms with van der Waals surface area (Å²) in [5, 5.41) is 18.7. The fourth-order valence-electron chi connectivity index (χ4n) is 1.53. The van der Waals surface area contributed by atoms with Crippen molar-refractivity contribution >= 4 is 29.3 Å². The Kier molecular flexibility index (Phi) is 5.25. The molecule has 0 unspecified atom stereocenters. The van der Waals surface area contributed by atoms with Gasteiger partial charge in [-0.15, -0.1) is 10.2 Å². The molecule has 120 valence electrons. The molecule has 0 aliphatic carbocycles. The van der Waals surface area contributed by atoms with Crippen LogP contribution in [0.1, 0.15) is 10.4 Å². The number of carbonyl (C=O) groups is 2. The first-order valence-electron chi connectivity index (χ1n) is 6.28. The molecule has 2 aromatic rings. The van der Waals surface area contributed by atoms with Gasteiger partial charge >= 0.3 is 0 Å². The number of nitrogens with one attached hydrogen (secondary N) is 2. The highest BCUT2D eigenvalue weighted by molar-refractivity contribution is 7.99. The van der Waals surface area contributed by atoms with Crippen LogP contribution in [0.25, 0.3) is 0 Å². The van der Waals surface area contributed by atoms with Gasteiger partial charge in [0.05, 0.1) is 10.7 Å². The summed E-state index contributed by atoms with van der Waals surface area (Å²) in [6.07, 6.45) is 1.50. The summed E-state index contributed by atoms with van der Waals surface area (Å²) in [4.78, 5) is 33.5. The van der Waals surface area contributed by atoms with Gasteiger partial charge in [-0.1, -0.05) is 17.8 Å². The number of rotatable bonds is 5. The van der Waals surface area contributed by atoms with Crippen molar-refractivity contribution in [2.24, 2.45) is 7.05 Å². The van der Waals surface area contributed by atoms with E-state index in [1.807, 2.05) is 0 Å². The highest BCUT2D eigenvalue weighted by Gasteiger charge is 2.12. The summed E-state index contributed by atoms with van der Waals surface area (Å²) >= 11 is 1.15. The molecule has 0 atom stereocenters. The average Bonchev–Trinajstić information content (AvgIpc) is 2.95. The molecule has 2 amide bonds. The van der Waals surface area contributed by atoms with Crippen LogP contribution in [-0.2, 0) is 11.8 Å².